The molecule has 1 aliphatic carbocycles. The third-order valence-corrected chi connectivity index (χ3v) is 5.48. The average molecular weight is 274 g/mol. The zero-order chi connectivity index (χ0) is 12.8. The topological polar surface area (TPSA) is 55.0 Å². The zero-order valence-corrected chi connectivity index (χ0v) is 11.8. The fourth-order valence-electron chi connectivity index (χ4n) is 3.26. The lowest BCUT2D eigenvalue weighted by atomic mass is 9.98. The molecular weight excluding hydrogens is 256 g/mol. The van der Waals surface area contributed by atoms with E-state index in [1.165, 1.54) is 47.2 Å². The predicted molar refractivity (Wildman–Crippen MR) is 79.9 cm³/mol. The lowest BCUT2D eigenvalue weighted by molar-refractivity contribution is 0.699. The molecule has 2 aliphatic rings. The van der Waals surface area contributed by atoms with E-state index in [0.29, 0.717) is 5.95 Å². The van der Waals surface area contributed by atoms with Gasteiger partial charge in [0.25, 0.3) is 0 Å². The van der Waals surface area contributed by atoms with Gasteiger partial charge >= 0.3 is 0 Å². The van der Waals surface area contributed by atoms with Crippen LogP contribution in [0.4, 0.5) is 11.8 Å². The molecule has 4 rings (SSSR count). The largest absolute Gasteiger partial charge is 0.368 e. The maximum atomic E-state index is 5.94. The molecule has 2 aromatic rings. The van der Waals surface area contributed by atoms with Crippen LogP contribution in [0.25, 0.3) is 10.2 Å². The molecule has 3 heterocycles. The summed E-state index contributed by atoms with van der Waals surface area (Å²) in [6, 6.07) is 0. The Morgan fingerprint density at radius 1 is 1.00 bits per heavy atom. The van der Waals surface area contributed by atoms with Gasteiger partial charge in [0.05, 0.1) is 10.2 Å². The van der Waals surface area contributed by atoms with Crippen molar-refractivity contribution in [3.05, 3.63) is 10.4 Å². The van der Waals surface area contributed by atoms with Gasteiger partial charge in [0.15, 0.2) is 5.82 Å². The number of anilines is 2. The Morgan fingerprint density at radius 2 is 1.79 bits per heavy atom. The van der Waals surface area contributed by atoms with Gasteiger partial charge in [-0.2, -0.15) is 4.98 Å². The van der Waals surface area contributed by atoms with E-state index in [1.54, 1.807) is 0 Å². The van der Waals surface area contributed by atoms with Crippen LogP contribution in [0.2, 0.25) is 0 Å². The molecule has 100 valence electrons. The fourth-order valence-corrected chi connectivity index (χ4v) is 4.61. The van der Waals surface area contributed by atoms with Crippen LogP contribution in [0.3, 0.4) is 0 Å². The smallest absolute Gasteiger partial charge is 0.222 e. The highest BCUT2D eigenvalue weighted by Gasteiger charge is 2.23. The van der Waals surface area contributed by atoms with Crippen molar-refractivity contribution in [3.8, 4) is 0 Å². The number of hydrogen-bond acceptors (Lipinski definition) is 5. The second-order valence-electron chi connectivity index (χ2n) is 5.49. The van der Waals surface area contributed by atoms with E-state index >= 15 is 0 Å². The van der Waals surface area contributed by atoms with Crippen LogP contribution in [-0.2, 0) is 12.8 Å². The van der Waals surface area contributed by atoms with Crippen molar-refractivity contribution in [2.24, 2.45) is 0 Å². The molecule has 0 spiro atoms. The molecule has 0 atom stereocenters. The molecule has 1 saturated heterocycles. The molecule has 0 radical (unpaired) electrons. The summed E-state index contributed by atoms with van der Waals surface area (Å²) in [7, 11) is 0. The SMILES string of the molecule is Nc1nc(N2CCCC2)c2sc3c(c2n1)CCCC3. The number of rotatable bonds is 1. The number of nitrogens with two attached hydrogens (primary N) is 1. The lowest BCUT2D eigenvalue weighted by Gasteiger charge is -2.17. The Morgan fingerprint density at radius 3 is 2.63 bits per heavy atom. The van der Waals surface area contributed by atoms with Gasteiger partial charge in [-0.25, -0.2) is 4.98 Å². The van der Waals surface area contributed by atoms with Gasteiger partial charge in [-0.3, -0.25) is 0 Å². The second-order valence-corrected chi connectivity index (χ2v) is 6.59. The summed E-state index contributed by atoms with van der Waals surface area (Å²) >= 11 is 1.90. The number of fused-ring (bicyclic) bond motifs is 3. The van der Waals surface area contributed by atoms with E-state index in [9.17, 15) is 0 Å². The van der Waals surface area contributed by atoms with Crippen LogP contribution in [-0.4, -0.2) is 23.1 Å². The van der Waals surface area contributed by atoms with Crippen molar-refractivity contribution < 1.29 is 0 Å². The van der Waals surface area contributed by atoms with Gasteiger partial charge in [0.2, 0.25) is 5.95 Å². The van der Waals surface area contributed by atoms with Crippen molar-refractivity contribution in [2.75, 3.05) is 23.7 Å². The summed E-state index contributed by atoms with van der Waals surface area (Å²) in [6.07, 6.45) is 7.47. The van der Waals surface area contributed by atoms with Crippen LogP contribution in [0.15, 0.2) is 0 Å². The Labute approximate surface area is 116 Å². The van der Waals surface area contributed by atoms with E-state index in [-0.39, 0.29) is 0 Å². The van der Waals surface area contributed by atoms with E-state index < -0.39 is 0 Å². The van der Waals surface area contributed by atoms with Crippen molar-refractivity contribution in [3.63, 3.8) is 0 Å². The number of aromatic nitrogens is 2. The van der Waals surface area contributed by atoms with E-state index in [1.807, 2.05) is 11.3 Å². The number of hydrogen-bond donors (Lipinski definition) is 1. The Balaban J connectivity index is 1.94. The predicted octanol–water partition coefficient (Wildman–Crippen LogP) is 2.75. The molecule has 0 unspecified atom stereocenters. The Bertz CT molecular complexity index is 628. The zero-order valence-electron chi connectivity index (χ0n) is 11.0. The van der Waals surface area contributed by atoms with Gasteiger partial charge < -0.3 is 10.6 Å². The van der Waals surface area contributed by atoms with Crippen LogP contribution < -0.4 is 10.6 Å². The Kier molecular flexibility index (Phi) is 2.62. The minimum atomic E-state index is 0.431. The third kappa shape index (κ3) is 1.79. The number of aryl methyl sites for hydroxylation is 2. The van der Waals surface area contributed by atoms with Crippen LogP contribution in [0.1, 0.15) is 36.1 Å². The summed E-state index contributed by atoms with van der Waals surface area (Å²) in [5.74, 6) is 1.51. The van der Waals surface area contributed by atoms with Crippen molar-refractivity contribution >= 4 is 33.3 Å². The van der Waals surface area contributed by atoms with Crippen molar-refractivity contribution in [2.45, 2.75) is 38.5 Å². The summed E-state index contributed by atoms with van der Waals surface area (Å²) in [5.41, 5.74) is 8.52. The van der Waals surface area contributed by atoms with E-state index in [2.05, 4.69) is 14.9 Å². The summed E-state index contributed by atoms with van der Waals surface area (Å²) in [4.78, 5) is 13.0. The molecule has 4 nitrogen and oxygen atoms in total. The van der Waals surface area contributed by atoms with Gasteiger partial charge in [-0.1, -0.05) is 0 Å². The number of nitrogen functional groups attached to an aromatic ring is 1. The molecule has 0 amide bonds. The Hall–Kier alpha value is -1.36. The molecule has 1 aliphatic heterocycles. The molecule has 2 N–H and O–H groups in total. The monoisotopic (exact) mass is 274 g/mol. The van der Waals surface area contributed by atoms with Gasteiger partial charge in [0.1, 0.15) is 0 Å². The van der Waals surface area contributed by atoms with Gasteiger partial charge in [-0.15, -0.1) is 11.3 Å². The molecule has 0 bridgehead atoms. The van der Waals surface area contributed by atoms with E-state index in [0.717, 1.165) is 30.8 Å². The molecule has 1 fully saturated rings. The normalized spacial score (nSPS) is 19.1. The van der Waals surface area contributed by atoms with Crippen molar-refractivity contribution in [1.82, 2.24) is 9.97 Å². The highest BCUT2D eigenvalue weighted by Crippen LogP contribution is 2.40. The standard InChI is InChI=1S/C14H18N4S/c15-14-16-11-9-5-1-2-6-10(9)19-12(11)13(17-14)18-7-3-4-8-18/h1-8H2,(H2,15,16,17). The minimum absolute atomic E-state index is 0.431. The van der Waals surface area contributed by atoms with Crippen molar-refractivity contribution in [1.29, 1.82) is 0 Å². The maximum absolute atomic E-state index is 5.94. The quantitative estimate of drug-likeness (QED) is 0.868. The summed E-state index contributed by atoms with van der Waals surface area (Å²) in [6.45, 7) is 2.21. The van der Waals surface area contributed by atoms with E-state index in [4.69, 9.17) is 5.73 Å². The van der Waals surface area contributed by atoms with Crippen LogP contribution in [0.5, 0.6) is 0 Å². The summed E-state index contributed by atoms with van der Waals surface area (Å²) < 4.78 is 1.27. The average Bonchev–Trinajstić information content (AvgIpc) is 3.05. The fraction of sp³-hybridized carbons (Fsp3) is 0.571. The third-order valence-electron chi connectivity index (χ3n) is 4.20. The summed E-state index contributed by atoms with van der Waals surface area (Å²) in [5, 5.41) is 0. The maximum Gasteiger partial charge on any atom is 0.222 e. The molecule has 0 aromatic carbocycles. The van der Waals surface area contributed by atoms with Crippen LogP contribution >= 0.6 is 11.3 Å². The second kappa shape index (κ2) is 4.34. The molecule has 5 heteroatoms. The first-order chi connectivity index (χ1) is 9.33. The minimum Gasteiger partial charge on any atom is -0.368 e. The number of thiophene rings is 1. The molecular formula is C14H18N4S. The van der Waals surface area contributed by atoms with Crippen LogP contribution in [0, 0.1) is 0 Å². The first-order valence-corrected chi connectivity index (χ1v) is 7.97. The van der Waals surface area contributed by atoms with Gasteiger partial charge in [-0.05, 0) is 44.1 Å². The molecule has 2 aromatic heterocycles. The lowest BCUT2D eigenvalue weighted by Crippen LogP contribution is -2.19. The first-order valence-electron chi connectivity index (χ1n) is 7.15. The highest BCUT2D eigenvalue weighted by atomic mass is 32.1. The van der Waals surface area contributed by atoms with Gasteiger partial charge in [0, 0.05) is 18.0 Å². The first kappa shape index (κ1) is 11.5. The molecule has 0 saturated carbocycles. The molecule has 19 heavy (non-hydrogen) atoms. The highest BCUT2D eigenvalue weighted by molar-refractivity contribution is 7.19. The number of nitrogens with zero attached hydrogens (tertiary/aromatic N) is 3.